The molecule has 0 bridgehead atoms. The minimum Gasteiger partial charge on any atom is -0.377 e. The van der Waals surface area contributed by atoms with Crippen molar-refractivity contribution < 1.29 is 9.53 Å². The molecule has 1 rings (SSSR count). The Morgan fingerprint density at radius 1 is 1.56 bits per heavy atom. The zero-order valence-corrected chi connectivity index (χ0v) is 10.4. The van der Waals surface area contributed by atoms with Gasteiger partial charge in [-0.3, -0.25) is 4.79 Å². The molecule has 4 nitrogen and oxygen atoms in total. The third kappa shape index (κ3) is 3.76. The van der Waals surface area contributed by atoms with Gasteiger partial charge in [0, 0.05) is 19.7 Å². The van der Waals surface area contributed by atoms with E-state index in [4.69, 9.17) is 10.5 Å². The molecule has 2 N–H and O–H groups in total. The maximum atomic E-state index is 12.0. The van der Waals surface area contributed by atoms with Gasteiger partial charge in [0.05, 0.1) is 12.1 Å². The Balaban J connectivity index is 2.43. The Morgan fingerprint density at radius 3 is 2.94 bits per heavy atom. The summed E-state index contributed by atoms with van der Waals surface area (Å²) in [5.74, 6) is 0.0891. The van der Waals surface area contributed by atoms with Gasteiger partial charge in [0.1, 0.15) is 0 Å². The lowest BCUT2D eigenvalue weighted by atomic mass is 10.1. The second kappa shape index (κ2) is 6.86. The Hall–Kier alpha value is -0.610. The molecule has 0 saturated carbocycles. The van der Waals surface area contributed by atoms with Crippen LogP contribution < -0.4 is 5.73 Å². The van der Waals surface area contributed by atoms with Gasteiger partial charge < -0.3 is 15.4 Å². The summed E-state index contributed by atoms with van der Waals surface area (Å²) in [5, 5.41) is 0. The second-order valence-electron chi connectivity index (χ2n) is 4.40. The monoisotopic (exact) mass is 228 g/mol. The fourth-order valence-corrected chi connectivity index (χ4v) is 2.18. The van der Waals surface area contributed by atoms with Crippen LogP contribution in [-0.2, 0) is 9.53 Å². The third-order valence-electron chi connectivity index (χ3n) is 3.01. The first-order chi connectivity index (χ1) is 7.69. The molecular formula is C12H24N2O2. The predicted octanol–water partition coefficient (Wildman–Crippen LogP) is 1.14. The number of nitrogens with two attached hydrogens (primary N) is 1. The summed E-state index contributed by atoms with van der Waals surface area (Å²) in [7, 11) is 0. The molecule has 0 spiro atoms. The number of ether oxygens (including phenoxy) is 1. The van der Waals surface area contributed by atoms with Crippen LogP contribution in [0.25, 0.3) is 0 Å². The second-order valence-corrected chi connectivity index (χ2v) is 4.40. The van der Waals surface area contributed by atoms with Gasteiger partial charge in [0.25, 0.3) is 0 Å². The minimum absolute atomic E-state index is 0.0891. The van der Waals surface area contributed by atoms with Gasteiger partial charge in [-0.2, -0.15) is 0 Å². The summed E-state index contributed by atoms with van der Waals surface area (Å²) < 4.78 is 5.57. The number of piperidine rings is 1. The average Bonchev–Trinajstić information content (AvgIpc) is 2.29. The van der Waals surface area contributed by atoms with Crippen LogP contribution in [-0.4, -0.2) is 42.6 Å². The van der Waals surface area contributed by atoms with E-state index in [1.54, 1.807) is 0 Å². The fraction of sp³-hybridized carbons (Fsp3) is 0.917. The first-order valence-corrected chi connectivity index (χ1v) is 6.35. The quantitative estimate of drug-likeness (QED) is 0.767. The molecule has 0 aromatic rings. The van der Waals surface area contributed by atoms with Gasteiger partial charge in [-0.25, -0.2) is 0 Å². The average molecular weight is 228 g/mol. The Labute approximate surface area is 98.1 Å². The molecule has 0 aromatic heterocycles. The van der Waals surface area contributed by atoms with Crippen molar-refractivity contribution >= 4 is 5.91 Å². The number of nitrogens with zero attached hydrogens (tertiary/aromatic N) is 1. The highest BCUT2D eigenvalue weighted by Gasteiger charge is 2.26. The fourth-order valence-electron chi connectivity index (χ4n) is 2.18. The van der Waals surface area contributed by atoms with Crippen molar-refractivity contribution in [2.24, 2.45) is 5.73 Å². The highest BCUT2D eigenvalue weighted by molar-refractivity contribution is 5.81. The summed E-state index contributed by atoms with van der Waals surface area (Å²) in [4.78, 5) is 13.8. The van der Waals surface area contributed by atoms with Crippen molar-refractivity contribution in [1.29, 1.82) is 0 Å². The Morgan fingerprint density at radius 2 is 2.31 bits per heavy atom. The van der Waals surface area contributed by atoms with Gasteiger partial charge >= 0.3 is 0 Å². The first kappa shape index (κ1) is 13.5. The van der Waals surface area contributed by atoms with Crippen LogP contribution in [0.4, 0.5) is 0 Å². The molecular weight excluding hydrogens is 204 g/mol. The number of amides is 1. The van der Waals surface area contributed by atoms with E-state index in [9.17, 15) is 4.79 Å². The topological polar surface area (TPSA) is 55.6 Å². The van der Waals surface area contributed by atoms with Crippen LogP contribution in [0.5, 0.6) is 0 Å². The van der Waals surface area contributed by atoms with Crippen LogP contribution >= 0.6 is 0 Å². The van der Waals surface area contributed by atoms with Crippen molar-refractivity contribution in [3.05, 3.63) is 0 Å². The van der Waals surface area contributed by atoms with E-state index in [0.717, 1.165) is 32.2 Å². The minimum atomic E-state index is -0.328. The van der Waals surface area contributed by atoms with E-state index in [0.29, 0.717) is 13.2 Å². The molecule has 0 radical (unpaired) electrons. The van der Waals surface area contributed by atoms with Crippen molar-refractivity contribution in [2.45, 2.75) is 51.7 Å². The molecule has 1 unspecified atom stereocenters. The Bertz CT molecular complexity index is 219. The highest BCUT2D eigenvalue weighted by Crippen LogP contribution is 2.14. The standard InChI is InChI=1S/C12H24N2O2/c1-3-6-11(13)12(15)14-8-5-7-10(9-14)16-4-2/h10-11H,3-9,13H2,1-2H3/t10?,11-/m0/s1. The van der Waals surface area contributed by atoms with Gasteiger partial charge in [-0.15, -0.1) is 0 Å². The molecule has 0 aliphatic carbocycles. The lowest BCUT2D eigenvalue weighted by Gasteiger charge is -2.34. The number of hydrogen-bond donors (Lipinski definition) is 1. The molecule has 2 atom stereocenters. The first-order valence-electron chi connectivity index (χ1n) is 6.35. The highest BCUT2D eigenvalue weighted by atomic mass is 16.5. The zero-order chi connectivity index (χ0) is 12.0. The number of carbonyl (C=O) groups is 1. The molecule has 4 heteroatoms. The van der Waals surface area contributed by atoms with Crippen molar-refractivity contribution in [2.75, 3.05) is 19.7 Å². The van der Waals surface area contributed by atoms with Crippen LogP contribution in [0.1, 0.15) is 39.5 Å². The van der Waals surface area contributed by atoms with E-state index in [1.165, 1.54) is 0 Å². The maximum Gasteiger partial charge on any atom is 0.239 e. The van der Waals surface area contributed by atoms with E-state index in [1.807, 2.05) is 18.7 Å². The summed E-state index contributed by atoms with van der Waals surface area (Å²) >= 11 is 0. The van der Waals surface area contributed by atoms with Crippen LogP contribution in [0.3, 0.4) is 0 Å². The Kier molecular flexibility index (Phi) is 5.77. The molecule has 1 heterocycles. The molecule has 16 heavy (non-hydrogen) atoms. The molecule has 1 aliphatic rings. The van der Waals surface area contributed by atoms with E-state index < -0.39 is 0 Å². The molecule has 94 valence electrons. The number of rotatable bonds is 5. The SMILES string of the molecule is CCC[C@H](N)C(=O)N1CCCC(OCC)C1. The number of carbonyl (C=O) groups excluding carboxylic acids is 1. The summed E-state index contributed by atoms with van der Waals surface area (Å²) in [6, 6.07) is -0.328. The normalized spacial score (nSPS) is 23.2. The van der Waals surface area contributed by atoms with Gasteiger partial charge in [0.15, 0.2) is 0 Å². The van der Waals surface area contributed by atoms with Gasteiger partial charge in [-0.1, -0.05) is 13.3 Å². The lowest BCUT2D eigenvalue weighted by molar-refractivity contribution is -0.136. The van der Waals surface area contributed by atoms with Gasteiger partial charge in [0.2, 0.25) is 5.91 Å². The summed E-state index contributed by atoms with van der Waals surface area (Å²) in [6.07, 6.45) is 4.01. The van der Waals surface area contributed by atoms with E-state index in [2.05, 4.69) is 0 Å². The van der Waals surface area contributed by atoms with Crippen molar-refractivity contribution in [3.63, 3.8) is 0 Å². The van der Waals surface area contributed by atoms with Crippen molar-refractivity contribution in [3.8, 4) is 0 Å². The zero-order valence-electron chi connectivity index (χ0n) is 10.4. The largest absolute Gasteiger partial charge is 0.377 e. The lowest BCUT2D eigenvalue weighted by Crippen LogP contribution is -2.49. The van der Waals surface area contributed by atoms with Crippen molar-refractivity contribution in [1.82, 2.24) is 4.90 Å². The number of likely N-dealkylation sites (tertiary alicyclic amines) is 1. The van der Waals surface area contributed by atoms with E-state index in [-0.39, 0.29) is 18.1 Å². The maximum absolute atomic E-state index is 12.0. The van der Waals surface area contributed by atoms with Gasteiger partial charge in [-0.05, 0) is 26.2 Å². The smallest absolute Gasteiger partial charge is 0.239 e. The summed E-state index contributed by atoms with van der Waals surface area (Å²) in [5.41, 5.74) is 5.85. The molecule has 1 saturated heterocycles. The van der Waals surface area contributed by atoms with Crippen LogP contribution in [0, 0.1) is 0 Å². The molecule has 1 amide bonds. The third-order valence-corrected chi connectivity index (χ3v) is 3.01. The van der Waals surface area contributed by atoms with Crippen LogP contribution in [0.15, 0.2) is 0 Å². The predicted molar refractivity (Wildman–Crippen MR) is 64.1 cm³/mol. The number of hydrogen-bond acceptors (Lipinski definition) is 3. The summed E-state index contributed by atoms with van der Waals surface area (Å²) in [6.45, 7) is 6.30. The van der Waals surface area contributed by atoms with E-state index >= 15 is 0 Å². The van der Waals surface area contributed by atoms with Crippen LogP contribution in [0.2, 0.25) is 0 Å². The molecule has 1 aliphatic heterocycles. The molecule has 1 fully saturated rings. The molecule has 0 aromatic carbocycles.